The van der Waals surface area contributed by atoms with E-state index < -0.39 is 0 Å². The Morgan fingerprint density at radius 2 is 1.64 bits per heavy atom. The van der Waals surface area contributed by atoms with E-state index in [1.165, 1.54) is 0 Å². The minimum Gasteiger partial charge on any atom is -0.438 e. The van der Waals surface area contributed by atoms with E-state index in [1.807, 2.05) is 50.2 Å². The molecule has 1 aromatic heterocycles. The zero-order chi connectivity index (χ0) is 20.3. The van der Waals surface area contributed by atoms with Crippen molar-refractivity contribution in [1.82, 2.24) is 9.88 Å². The molecule has 2 aromatic carbocycles. The molecule has 0 radical (unpaired) electrons. The fraction of sp³-hybridized carbons (Fsp3) is 0.250. The number of hydrogen-bond donors (Lipinski definition) is 0. The lowest BCUT2D eigenvalue weighted by molar-refractivity contribution is 0.0827. The van der Waals surface area contributed by atoms with Gasteiger partial charge >= 0.3 is 0 Å². The van der Waals surface area contributed by atoms with Crippen LogP contribution in [0.5, 0.6) is 11.6 Å². The third-order valence-corrected chi connectivity index (χ3v) is 4.83. The molecule has 1 unspecified atom stereocenters. The maximum atomic E-state index is 12.0. The van der Waals surface area contributed by atoms with Crippen molar-refractivity contribution in [3.8, 4) is 22.8 Å². The third kappa shape index (κ3) is 3.63. The first-order chi connectivity index (χ1) is 13.5. The Balaban J connectivity index is 0.00000109. The standard InChI is InChI=1S/C22H20N2O2.C2H6/c1-14-18-11-10-17(13-20(18)26-21-19(14)5-4-12-23-21)15-6-8-16(9-7-15)22(25)24(2)3;1-2/h4-14H,1-3H3;1-2H3. The van der Waals surface area contributed by atoms with Gasteiger partial charge in [0.05, 0.1) is 0 Å². The lowest BCUT2D eigenvalue weighted by Gasteiger charge is -2.25. The van der Waals surface area contributed by atoms with Gasteiger partial charge in [-0.2, -0.15) is 0 Å². The van der Waals surface area contributed by atoms with Gasteiger partial charge in [-0.05, 0) is 35.4 Å². The van der Waals surface area contributed by atoms with Crippen LogP contribution < -0.4 is 4.74 Å². The van der Waals surface area contributed by atoms with Crippen LogP contribution in [-0.2, 0) is 0 Å². The predicted octanol–water partition coefficient (Wildman–Crippen LogP) is 5.73. The molecule has 1 aliphatic rings. The molecule has 4 nitrogen and oxygen atoms in total. The van der Waals surface area contributed by atoms with Crippen molar-refractivity contribution in [1.29, 1.82) is 0 Å². The molecule has 4 heteroatoms. The lowest BCUT2D eigenvalue weighted by atomic mass is 9.89. The van der Waals surface area contributed by atoms with Crippen molar-refractivity contribution >= 4 is 5.91 Å². The SMILES string of the molecule is CC.CC1c2ccc(-c3ccc(C(=O)N(C)C)cc3)cc2Oc2ncccc21. The molecular weight excluding hydrogens is 348 g/mol. The fourth-order valence-electron chi connectivity index (χ4n) is 3.31. The molecule has 144 valence electrons. The maximum absolute atomic E-state index is 12.0. The van der Waals surface area contributed by atoms with Gasteiger partial charge in [0.2, 0.25) is 5.88 Å². The topological polar surface area (TPSA) is 42.4 Å². The van der Waals surface area contributed by atoms with E-state index in [9.17, 15) is 4.79 Å². The highest BCUT2D eigenvalue weighted by molar-refractivity contribution is 5.94. The van der Waals surface area contributed by atoms with Gasteiger partial charge in [0.1, 0.15) is 5.75 Å². The number of hydrogen-bond acceptors (Lipinski definition) is 3. The number of carbonyl (C=O) groups excluding carboxylic acids is 1. The molecule has 1 aliphatic heterocycles. The molecule has 3 aromatic rings. The molecule has 28 heavy (non-hydrogen) atoms. The number of carbonyl (C=O) groups is 1. The summed E-state index contributed by atoms with van der Waals surface area (Å²) in [6.07, 6.45) is 1.75. The molecule has 0 spiro atoms. The minimum atomic E-state index is 0.00169. The summed E-state index contributed by atoms with van der Waals surface area (Å²) in [7, 11) is 3.51. The monoisotopic (exact) mass is 374 g/mol. The quantitative estimate of drug-likeness (QED) is 0.575. The van der Waals surface area contributed by atoms with Crippen molar-refractivity contribution in [2.45, 2.75) is 26.7 Å². The van der Waals surface area contributed by atoms with Gasteiger partial charge < -0.3 is 9.64 Å². The number of rotatable bonds is 2. The van der Waals surface area contributed by atoms with Crippen LogP contribution in [0.15, 0.2) is 60.8 Å². The molecule has 1 atom stereocenters. The second-order valence-corrected chi connectivity index (χ2v) is 6.75. The van der Waals surface area contributed by atoms with Crippen molar-refractivity contribution in [3.05, 3.63) is 77.5 Å². The summed E-state index contributed by atoms with van der Waals surface area (Å²) in [5.74, 6) is 1.77. The zero-order valence-corrected chi connectivity index (χ0v) is 17.1. The molecule has 0 saturated carbocycles. The predicted molar refractivity (Wildman–Crippen MR) is 113 cm³/mol. The Morgan fingerprint density at radius 3 is 2.32 bits per heavy atom. The largest absolute Gasteiger partial charge is 0.438 e. The normalized spacial score (nSPS) is 14.0. The highest BCUT2D eigenvalue weighted by Gasteiger charge is 2.24. The first-order valence-electron chi connectivity index (χ1n) is 9.63. The van der Waals surface area contributed by atoms with Gasteiger partial charge in [0.15, 0.2) is 0 Å². The number of benzene rings is 2. The Kier molecular flexibility index (Phi) is 5.78. The van der Waals surface area contributed by atoms with Crippen LogP contribution in [0.1, 0.15) is 48.2 Å². The van der Waals surface area contributed by atoms with Gasteiger partial charge in [0, 0.05) is 42.9 Å². The summed E-state index contributed by atoms with van der Waals surface area (Å²) >= 11 is 0. The van der Waals surface area contributed by atoms with Crippen LogP contribution in [0, 0.1) is 0 Å². The van der Waals surface area contributed by atoms with Crippen molar-refractivity contribution in [2.75, 3.05) is 14.1 Å². The van der Waals surface area contributed by atoms with Crippen molar-refractivity contribution in [2.24, 2.45) is 0 Å². The third-order valence-electron chi connectivity index (χ3n) is 4.83. The maximum Gasteiger partial charge on any atom is 0.253 e. The smallest absolute Gasteiger partial charge is 0.253 e. The van der Waals surface area contributed by atoms with Crippen LogP contribution in [0.25, 0.3) is 11.1 Å². The Hall–Kier alpha value is -3.14. The number of nitrogens with zero attached hydrogens (tertiary/aromatic N) is 2. The summed E-state index contributed by atoms with van der Waals surface area (Å²) < 4.78 is 6.03. The van der Waals surface area contributed by atoms with Crippen LogP contribution in [0.4, 0.5) is 0 Å². The Labute approximate surface area is 166 Å². The zero-order valence-electron chi connectivity index (χ0n) is 17.1. The molecule has 0 aliphatic carbocycles. The second kappa shape index (κ2) is 8.26. The summed E-state index contributed by atoms with van der Waals surface area (Å²) in [6.45, 7) is 6.17. The second-order valence-electron chi connectivity index (χ2n) is 6.75. The van der Waals surface area contributed by atoms with Gasteiger partial charge in [0.25, 0.3) is 5.91 Å². The van der Waals surface area contributed by atoms with Crippen LogP contribution in [-0.4, -0.2) is 29.9 Å². The lowest BCUT2D eigenvalue weighted by Crippen LogP contribution is -2.21. The average Bonchev–Trinajstić information content (AvgIpc) is 2.74. The molecular formula is C24H26N2O2. The number of ether oxygens (including phenoxy) is 1. The van der Waals surface area contributed by atoms with Crippen LogP contribution in [0.3, 0.4) is 0 Å². The van der Waals surface area contributed by atoms with E-state index in [2.05, 4.69) is 30.1 Å². The van der Waals surface area contributed by atoms with Gasteiger partial charge in [-0.1, -0.05) is 51.1 Å². The first kappa shape index (κ1) is 19.6. The van der Waals surface area contributed by atoms with E-state index in [-0.39, 0.29) is 11.8 Å². The summed E-state index contributed by atoms with van der Waals surface area (Å²) in [6, 6.07) is 17.9. The Morgan fingerprint density at radius 1 is 0.964 bits per heavy atom. The van der Waals surface area contributed by atoms with Crippen molar-refractivity contribution in [3.63, 3.8) is 0 Å². The molecule has 0 bridgehead atoms. The summed E-state index contributed by atoms with van der Waals surface area (Å²) in [5.41, 5.74) is 5.05. The van der Waals surface area contributed by atoms with E-state index in [1.54, 1.807) is 25.2 Å². The highest BCUT2D eigenvalue weighted by Crippen LogP contribution is 2.44. The highest BCUT2D eigenvalue weighted by atomic mass is 16.5. The summed E-state index contributed by atoms with van der Waals surface area (Å²) in [4.78, 5) is 18.0. The molecule has 0 fully saturated rings. The van der Waals surface area contributed by atoms with Gasteiger partial charge in [-0.25, -0.2) is 4.98 Å². The minimum absolute atomic E-state index is 0.00169. The average molecular weight is 374 g/mol. The fourth-order valence-corrected chi connectivity index (χ4v) is 3.31. The molecule has 4 rings (SSSR count). The van der Waals surface area contributed by atoms with Gasteiger partial charge in [-0.15, -0.1) is 0 Å². The number of pyridine rings is 1. The van der Waals surface area contributed by atoms with Crippen molar-refractivity contribution < 1.29 is 9.53 Å². The number of fused-ring (bicyclic) bond motifs is 2. The van der Waals surface area contributed by atoms with Gasteiger partial charge in [-0.3, -0.25) is 4.79 Å². The van der Waals surface area contributed by atoms with E-state index in [0.29, 0.717) is 11.4 Å². The van der Waals surface area contributed by atoms with E-state index >= 15 is 0 Å². The number of amides is 1. The first-order valence-corrected chi connectivity index (χ1v) is 9.63. The van der Waals surface area contributed by atoms with Crippen LogP contribution >= 0.6 is 0 Å². The van der Waals surface area contributed by atoms with E-state index in [0.717, 1.165) is 28.0 Å². The molecule has 0 saturated heterocycles. The molecule has 2 heterocycles. The molecule has 0 N–H and O–H groups in total. The van der Waals surface area contributed by atoms with Crippen LogP contribution in [0.2, 0.25) is 0 Å². The van der Waals surface area contributed by atoms with E-state index in [4.69, 9.17) is 4.74 Å². The summed E-state index contributed by atoms with van der Waals surface area (Å²) in [5, 5.41) is 0. The molecule has 1 amide bonds. The Bertz CT molecular complexity index is 978. The number of aromatic nitrogens is 1.